The number of imidazole rings is 1. The summed E-state index contributed by atoms with van der Waals surface area (Å²) in [6.07, 6.45) is 7.89. The van der Waals surface area contributed by atoms with Gasteiger partial charge in [0.2, 0.25) is 0 Å². The first-order chi connectivity index (χ1) is 31.6. The molecule has 6 heteroatoms. The summed E-state index contributed by atoms with van der Waals surface area (Å²) in [5, 5.41) is 2.27. The van der Waals surface area contributed by atoms with Gasteiger partial charge in [0.15, 0.2) is 0 Å². The van der Waals surface area contributed by atoms with E-state index in [9.17, 15) is 0 Å². The standard InChI is InChI=1S/C62H64N4O.Pt/c1-58(2,3)44-27-22-28-47(33-44)65-41-64(40-55(65)60(7,8)9)48-34-46(61(10,11)42-23-16-14-17-24-42)35-49(37-48)67-50-38-52(62(12,13)43-25-18-15-19-26-43)57-51-29-20-21-30-53(51)66(54(57)39-50)56-36-45(31-32-63-56)59(4,5)6;/h14-36,38,40H,1-13H3;/q-2;. The summed E-state index contributed by atoms with van der Waals surface area (Å²) >= 11 is 0. The summed E-state index contributed by atoms with van der Waals surface area (Å²) < 4.78 is 13.8. The van der Waals surface area contributed by atoms with E-state index in [0.717, 1.165) is 55.8 Å². The van der Waals surface area contributed by atoms with Gasteiger partial charge in [-0.25, -0.2) is 4.98 Å². The van der Waals surface area contributed by atoms with Crippen LogP contribution in [0, 0.1) is 18.5 Å². The number of nitrogens with zero attached hydrogens (tertiary/aromatic N) is 4. The van der Waals surface area contributed by atoms with Gasteiger partial charge in [0.05, 0.1) is 11.4 Å². The van der Waals surface area contributed by atoms with Gasteiger partial charge in [-0.3, -0.25) is 4.57 Å². The zero-order chi connectivity index (χ0) is 47.7. The van der Waals surface area contributed by atoms with Crippen LogP contribution in [0.3, 0.4) is 0 Å². The number of fused-ring (bicyclic) bond motifs is 3. The van der Waals surface area contributed by atoms with Gasteiger partial charge in [-0.15, -0.1) is 35.4 Å². The van der Waals surface area contributed by atoms with Crippen LogP contribution in [0.5, 0.6) is 11.5 Å². The van der Waals surface area contributed by atoms with Crippen molar-refractivity contribution in [2.75, 3.05) is 0 Å². The van der Waals surface area contributed by atoms with E-state index in [-0.39, 0.29) is 42.7 Å². The van der Waals surface area contributed by atoms with Crippen molar-refractivity contribution in [1.29, 1.82) is 0 Å². The van der Waals surface area contributed by atoms with E-state index in [1.807, 2.05) is 6.20 Å². The number of hydrogen-bond donors (Lipinski definition) is 0. The molecule has 0 bridgehead atoms. The Morgan fingerprint density at radius 1 is 0.529 bits per heavy atom. The molecule has 3 heterocycles. The Morgan fingerprint density at radius 3 is 1.76 bits per heavy atom. The second-order valence-corrected chi connectivity index (χ2v) is 22.3. The first kappa shape index (κ1) is 48.4. The maximum Gasteiger partial charge on any atom is 0.267 e. The van der Waals surface area contributed by atoms with E-state index < -0.39 is 5.41 Å². The van der Waals surface area contributed by atoms with Gasteiger partial charge in [0, 0.05) is 50.5 Å². The predicted molar refractivity (Wildman–Crippen MR) is 276 cm³/mol. The normalized spacial score (nSPS) is 12.7. The van der Waals surface area contributed by atoms with Gasteiger partial charge in [0.25, 0.3) is 6.33 Å². The molecule has 3 aromatic heterocycles. The fourth-order valence-electron chi connectivity index (χ4n) is 9.34. The van der Waals surface area contributed by atoms with E-state index in [1.165, 1.54) is 22.3 Å². The fraction of sp³-hybridized carbons (Fsp3) is 0.290. The second-order valence-electron chi connectivity index (χ2n) is 22.3. The molecule has 0 aliphatic carbocycles. The summed E-state index contributed by atoms with van der Waals surface area (Å²) in [6.45, 7) is 29.4. The van der Waals surface area contributed by atoms with Crippen LogP contribution >= 0.6 is 0 Å². The molecule has 350 valence electrons. The Morgan fingerprint density at radius 2 is 1.12 bits per heavy atom. The number of benzene rings is 6. The Balaban J connectivity index is 0.00000625. The molecule has 0 spiro atoms. The molecule has 0 saturated heterocycles. The van der Waals surface area contributed by atoms with Gasteiger partial charge in [-0.2, -0.15) is 6.07 Å². The minimum atomic E-state index is -0.421. The van der Waals surface area contributed by atoms with Crippen LogP contribution in [0.2, 0.25) is 0 Å². The minimum Gasteiger partial charge on any atom is -0.510 e. The van der Waals surface area contributed by atoms with E-state index in [0.29, 0.717) is 11.5 Å². The maximum atomic E-state index is 7.22. The molecule has 9 rings (SSSR count). The molecule has 0 aliphatic rings. The van der Waals surface area contributed by atoms with Crippen molar-refractivity contribution < 1.29 is 30.4 Å². The Kier molecular flexibility index (Phi) is 12.7. The van der Waals surface area contributed by atoms with Crippen molar-refractivity contribution in [2.24, 2.45) is 0 Å². The first-order valence-corrected chi connectivity index (χ1v) is 23.6. The van der Waals surface area contributed by atoms with Crippen LogP contribution in [-0.4, -0.2) is 14.1 Å². The van der Waals surface area contributed by atoms with Gasteiger partial charge in [-0.1, -0.05) is 192 Å². The molecule has 9 aromatic rings. The average Bonchev–Trinajstić information content (AvgIpc) is 3.90. The van der Waals surface area contributed by atoms with Crippen molar-refractivity contribution in [3.05, 3.63) is 209 Å². The Bertz CT molecular complexity index is 3260. The monoisotopic (exact) mass is 1080 g/mol. The molecule has 0 atom stereocenters. The minimum absolute atomic E-state index is 0. The third-order valence-corrected chi connectivity index (χ3v) is 13.6. The number of para-hydroxylation sites is 1. The molecule has 0 amide bonds. The fourth-order valence-corrected chi connectivity index (χ4v) is 9.34. The summed E-state index contributed by atoms with van der Waals surface area (Å²) in [6, 6.07) is 57.4. The van der Waals surface area contributed by atoms with Gasteiger partial charge in [-0.05, 0) is 90.7 Å². The zero-order valence-corrected chi connectivity index (χ0v) is 44.2. The van der Waals surface area contributed by atoms with E-state index in [1.54, 1.807) is 0 Å². The number of hydrogen-bond acceptors (Lipinski definition) is 2. The topological polar surface area (TPSA) is 35.9 Å². The molecule has 6 aromatic carbocycles. The third kappa shape index (κ3) is 9.15. The molecule has 0 radical (unpaired) electrons. The SMILES string of the molecule is CC(C)(C)c1cccc(-[n+]2[c-]n(-c3[c-]c(Oc4[c-]c5c(c(C(C)(C)c6ccccc6)c4)c4ccccc4n5-c4cc(C(C)(C)C)ccn4)cc(C(C)(C)c4ccccc4)c3)cc2C(C)(C)C)c1.[Pt]. The van der Waals surface area contributed by atoms with Gasteiger partial charge >= 0.3 is 0 Å². The summed E-state index contributed by atoms with van der Waals surface area (Å²) in [5.41, 5.74) is 11.1. The van der Waals surface area contributed by atoms with E-state index in [2.05, 4.69) is 268 Å². The molecule has 0 saturated carbocycles. The maximum absolute atomic E-state index is 7.22. The largest absolute Gasteiger partial charge is 0.510 e. The second kappa shape index (κ2) is 17.8. The molecule has 5 nitrogen and oxygen atoms in total. The molecule has 0 fully saturated rings. The zero-order valence-electron chi connectivity index (χ0n) is 41.9. The molecule has 0 aliphatic heterocycles. The van der Waals surface area contributed by atoms with Crippen molar-refractivity contribution in [1.82, 2.24) is 14.1 Å². The predicted octanol–water partition coefficient (Wildman–Crippen LogP) is 15.0. The van der Waals surface area contributed by atoms with Crippen molar-refractivity contribution in [3.8, 4) is 28.7 Å². The smallest absolute Gasteiger partial charge is 0.267 e. The Labute approximate surface area is 419 Å². The van der Waals surface area contributed by atoms with Crippen LogP contribution < -0.4 is 9.30 Å². The molecule has 0 N–H and O–H groups in total. The third-order valence-electron chi connectivity index (χ3n) is 13.6. The Hall–Kier alpha value is -6.03. The first-order valence-electron chi connectivity index (χ1n) is 23.6. The number of rotatable bonds is 9. The molecular formula is C62H64N4OPt-2. The van der Waals surface area contributed by atoms with E-state index >= 15 is 0 Å². The number of pyridine rings is 1. The van der Waals surface area contributed by atoms with Gasteiger partial charge in [0.1, 0.15) is 5.82 Å². The van der Waals surface area contributed by atoms with Crippen LogP contribution in [0.1, 0.15) is 129 Å². The summed E-state index contributed by atoms with van der Waals surface area (Å²) in [5.74, 6) is 2.03. The summed E-state index contributed by atoms with van der Waals surface area (Å²) in [7, 11) is 0. The van der Waals surface area contributed by atoms with Crippen molar-refractivity contribution in [2.45, 2.75) is 117 Å². The summed E-state index contributed by atoms with van der Waals surface area (Å²) in [4.78, 5) is 5.02. The van der Waals surface area contributed by atoms with Crippen molar-refractivity contribution in [3.63, 3.8) is 0 Å². The average molecular weight is 1080 g/mol. The van der Waals surface area contributed by atoms with Gasteiger partial charge < -0.3 is 13.9 Å². The van der Waals surface area contributed by atoms with Crippen LogP contribution in [0.15, 0.2) is 152 Å². The van der Waals surface area contributed by atoms with Crippen molar-refractivity contribution >= 4 is 21.8 Å². The molecular weight excluding hydrogens is 1010 g/mol. The van der Waals surface area contributed by atoms with Crippen LogP contribution in [0.4, 0.5) is 0 Å². The molecule has 0 unspecified atom stereocenters. The number of ether oxygens (including phenoxy) is 1. The van der Waals surface area contributed by atoms with Crippen LogP contribution in [-0.2, 0) is 48.1 Å². The van der Waals surface area contributed by atoms with Crippen LogP contribution in [0.25, 0.3) is 39.0 Å². The quantitative estimate of drug-likeness (QED) is 0.107. The molecule has 68 heavy (non-hydrogen) atoms. The van der Waals surface area contributed by atoms with E-state index in [4.69, 9.17) is 9.72 Å². The number of aromatic nitrogens is 4.